The predicted octanol–water partition coefficient (Wildman–Crippen LogP) is -0.419. The summed E-state index contributed by atoms with van der Waals surface area (Å²) in [5.41, 5.74) is 0.205. The average Bonchev–Trinajstić information content (AvgIpc) is 2.89. The van der Waals surface area contributed by atoms with Crippen molar-refractivity contribution in [3.63, 3.8) is 0 Å². The highest BCUT2D eigenvalue weighted by atomic mass is 16.4. The number of benzene rings is 1. The van der Waals surface area contributed by atoms with Crippen LogP contribution in [0.15, 0.2) is 47.5 Å². The van der Waals surface area contributed by atoms with Crippen LogP contribution in [0.25, 0.3) is 0 Å². The summed E-state index contributed by atoms with van der Waals surface area (Å²) in [5, 5.41) is 45.9. The average molecular weight is 541 g/mol. The summed E-state index contributed by atoms with van der Waals surface area (Å²) in [5.74, 6) is -3.23. The van der Waals surface area contributed by atoms with Gasteiger partial charge in [0, 0.05) is 18.9 Å². The lowest BCUT2D eigenvalue weighted by molar-refractivity contribution is -0.134. The van der Waals surface area contributed by atoms with Crippen LogP contribution in [0.5, 0.6) is 0 Å². The summed E-state index contributed by atoms with van der Waals surface area (Å²) in [6.07, 6.45) is -0.562. The van der Waals surface area contributed by atoms with E-state index in [0.717, 1.165) is 0 Å². The van der Waals surface area contributed by atoms with Gasteiger partial charge >= 0.3 is 7.12 Å². The second-order valence-corrected chi connectivity index (χ2v) is 9.26. The van der Waals surface area contributed by atoms with Crippen LogP contribution in [0, 0.1) is 17.2 Å². The summed E-state index contributed by atoms with van der Waals surface area (Å²) in [6.45, 7) is 8.04. The van der Waals surface area contributed by atoms with Crippen molar-refractivity contribution in [1.82, 2.24) is 16.0 Å². The first kappa shape index (κ1) is 33.2. The fourth-order valence-electron chi connectivity index (χ4n) is 3.29. The zero-order valence-electron chi connectivity index (χ0n) is 22.4. The molecule has 0 saturated carbocycles. The van der Waals surface area contributed by atoms with E-state index in [1.54, 1.807) is 50.2 Å². The van der Waals surface area contributed by atoms with Crippen molar-refractivity contribution in [2.75, 3.05) is 6.54 Å². The number of amides is 4. The van der Waals surface area contributed by atoms with E-state index in [2.05, 4.69) is 27.5 Å². The van der Waals surface area contributed by atoms with Gasteiger partial charge in [0.05, 0.1) is 11.7 Å². The van der Waals surface area contributed by atoms with E-state index >= 15 is 0 Å². The third-order valence-corrected chi connectivity index (χ3v) is 5.60. The molecule has 0 unspecified atom stereocenters. The molecular formula is C26H36BN5O7. The van der Waals surface area contributed by atoms with Crippen LogP contribution < -0.4 is 16.0 Å². The quantitative estimate of drug-likeness (QED) is 0.0565. The third kappa shape index (κ3) is 12.0. The van der Waals surface area contributed by atoms with Crippen molar-refractivity contribution in [1.29, 1.82) is 5.26 Å². The maximum atomic E-state index is 13.1. The highest BCUT2D eigenvalue weighted by Gasteiger charge is 2.31. The summed E-state index contributed by atoms with van der Waals surface area (Å²) in [6, 6.07) is 7.78. The van der Waals surface area contributed by atoms with E-state index in [1.165, 1.54) is 6.92 Å². The minimum absolute atomic E-state index is 0.0273. The molecule has 6 N–H and O–H groups in total. The standard InChI is InChI=1S/C26H36BN5O7/c1-16(2)23(34)32-22(18(4)33)26(37)30-20(12-8-9-13-29-24(35)17(3)15-28)25(36)31-21(27(38)39)14-19-10-6-5-7-11-19/h5-7,10-11,16,18,20,22,33,38-39H,3,8-9,12-14H2,1-2,4H3,(H,29,35)(H,30,37)(H,32,34)/b31-21+/t18-,20+,22+/m1/s1. The molecule has 0 saturated heterocycles. The van der Waals surface area contributed by atoms with Gasteiger partial charge in [0.1, 0.15) is 23.7 Å². The van der Waals surface area contributed by atoms with Crippen LogP contribution in [-0.4, -0.2) is 76.2 Å². The van der Waals surface area contributed by atoms with E-state index in [-0.39, 0.29) is 30.6 Å². The van der Waals surface area contributed by atoms with E-state index in [4.69, 9.17) is 5.26 Å². The van der Waals surface area contributed by atoms with Gasteiger partial charge in [-0.15, -0.1) is 0 Å². The molecule has 1 aromatic carbocycles. The van der Waals surface area contributed by atoms with E-state index in [0.29, 0.717) is 18.4 Å². The zero-order chi connectivity index (χ0) is 29.5. The Morgan fingerprint density at radius 3 is 2.23 bits per heavy atom. The molecule has 1 aromatic rings. The van der Waals surface area contributed by atoms with Crippen LogP contribution in [0.3, 0.4) is 0 Å². The first-order chi connectivity index (χ1) is 18.4. The number of unbranched alkanes of at least 4 members (excludes halogenated alkanes) is 1. The van der Waals surface area contributed by atoms with Gasteiger partial charge in [0.2, 0.25) is 11.8 Å². The molecule has 4 amide bonds. The molecule has 39 heavy (non-hydrogen) atoms. The number of hydrogen-bond acceptors (Lipinski definition) is 8. The number of nitrogens with zero attached hydrogens (tertiary/aromatic N) is 2. The monoisotopic (exact) mass is 541 g/mol. The van der Waals surface area contributed by atoms with Crippen molar-refractivity contribution in [2.24, 2.45) is 10.9 Å². The van der Waals surface area contributed by atoms with Gasteiger partial charge < -0.3 is 31.1 Å². The number of aliphatic hydroxyl groups excluding tert-OH is 1. The minimum atomic E-state index is -2.02. The zero-order valence-corrected chi connectivity index (χ0v) is 22.4. The Bertz CT molecular complexity index is 1080. The van der Waals surface area contributed by atoms with Gasteiger partial charge in [-0.2, -0.15) is 5.26 Å². The Kier molecular flexibility index (Phi) is 14.4. The third-order valence-electron chi connectivity index (χ3n) is 5.60. The summed E-state index contributed by atoms with van der Waals surface area (Å²) >= 11 is 0. The van der Waals surface area contributed by atoms with Crippen molar-refractivity contribution >= 4 is 36.4 Å². The highest BCUT2D eigenvalue weighted by Crippen LogP contribution is 2.08. The smallest absolute Gasteiger partial charge is 0.422 e. The normalized spacial score (nSPS) is 13.4. The van der Waals surface area contributed by atoms with Gasteiger partial charge in [-0.05, 0) is 31.7 Å². The molecule has 0 aliphatic rings. The fourth-order valence-corrected chi connectivity index (χ4v) is 3.29. The molecule has 0 aliphatic heterocycles. The van der Waals surface area contributed by atoms with Crippen molar-refractivity contribution in [3.05, 3.63) is 48.0 Å². The fraction of sp³-hybridized carbons (Fsp3) is 0.462. The lowest BCUT2D eigenvalue weighted by atomic mass is 9.79. The molecule has 0 bridgehead atoms. The summed E-state index contributed by atoms with van der Waals surface area (Å²) < 4.78 is 0. The number of nitriles is 1. The van der Waals surface area contributed by atoms with Crippen molar-refractivity contribution in [2.45, 2.75) is 64.6 Å². The molecule has 0 aliphatic carbocycles. The predicted molar refractivity (Wildman–Crippen MR) is 145 cm³/mol. The number of aliphatic hydroxyl groups is 1. The molecule has 13 heteroatoms. The van der Waals surface area contributed by atoms with Gasteiger partial charge in [-0.3, -0.25) is 19.2 Å². The number of hydrogen-bond donors (Lipinski definition) is 6. The van der Waals surface area contributed by atoms with Gasteiger partial charge in [0.25, 0.3) is 11.8 Å². The van der Waals surface area contributed by atoms with Crippen LogP contribution in [0.2, 0.25) is 0 Å². The van der Waals surface area contributed by atoms with Crippen LogP contribution in [0.1, 0.15) is 45.6 Å². The maximum absolute atomic E-state index is 13.1. The molecule has 0 aromatic heterocycles. The number of rotatable bonds is 15. The Balaban J connectivity index is 3.07. The Labute approximate surface area is 228 Å². The lowest BCUT2D eigenvalue weighted by Gasteiger charge is -2.24. The molecule has 0 radical (unpaired) electrons. The van der Waals surface area contributed by atoms with Gasteiger partial charge in [0.15, 0.2) is 0 Å². The van der Waals surface area contributed by atoms with Gasteiger partial charge in [-0.25, -0.2) is 4.99 Å². The Morgan fingerprint density at radius 1 is 1.05 bits per heavy atom. The van der Waals surface area contributed by atoms with Gasteiger partial charge in [-0.1, -0.05) is 50.8 Å². The number of carbonyl (C=O) groups excluding carboxylic acids is 4. The Hall–Kier alpha value is -3.86. The topological polar surface area (TPSA) is 201 Å². The summed E-state index contributed by atoms with van der Waals surface area (Å²) in [7, 11) is -2.02. The molecule has 3 atom stereocenters. The first-order valence-corrected chi connectivity index (χ1v) is 12.5. The Morgan fingerprint density at radius 2 is 1.69 bits per heavy atom. The van der Waals surface area contributed by atoms with Crippen molar-refractivity contribution < 1.29 is 34.3 Å². The molecule has 12 nitrogen and oxygen atoms in total. The second kappa shape index (κ2) is 16.9. The minimum Gasteiger partial charge on any atom is -0.422 e. The largest absolute Gasteiger partial charge is 0.504 e. The lowest BCUT2D eigenvalue weighted by Crippen LogP contribution is -2.56. The molecule has 210 valence electrons. The van der Waals surface area contributed by atoms with E-state index in [9.17, 15) is 34.3 Å². The van der Waals surface area contributed by atoms with Crippen LogP contribution in [-0.2, 0) is 25.6 Å². The maximum Gasteiger partial charge on any atom is 0.504 e. The number of carbonyl (C=O) groups is 4. The number of aliphatic imine (C=N–C) groups is 1. The highest BCUT2D eigenvalue weighted by molar-refractivity contribution is 6.80. The molecule has 0 heterocycles. The summed E-state index contributed by atoms with van der Waals surface area (Å²) in [4.78, 5) is 53.8. The SMILES string of the molecule is C=C(C#N)C(=O)NCCCC[C@H](NC(=O)[C@@H](NC(=O)C(C)C)[C@@H](C)O)C(=O)/N=C(\Cc1ccccc1)B(O)O. The van der Waals surface area contributed by atoms with E-state index in [1.807, 2.05) is 0 Å². The first-order valence-electron chi connectivity index (χ1n) is 12.5. The van der Waals surface area contributed by atoms with Crippen molar-refractivity contribution in [3.8, 4) is 6.07 Å². The molecular weight excluding hydrogens is 505 g/mol. The van der Waals surface area contributed by atoms with Crippen LogP contribution >= 0.6 is 0 Å². The number of nitrogens with one attached hydrogen (secondary N) is 3. The van der Waals surface area contributed by atoms with Crippen LogP contribution in [0.4, 0.5) is 0 Å². The molecule has 0 fully saturated rings. The van der Waals surface area contributed by atoms with E-state index < -0.39 is 54.9 Å². The molecule has 0 spiro atoms. The molecule has 1 rings (SSSR count). The second-order valence-electron chi connectivity index (χ2n) is 9.26.